The normalized spacial score (nSPS) is 18.6. The van der Waals surface area contributed by atoms with E-state index in [1.165, 1.54) is 0 Å². The minimum absolute atomic E-state index is 0.0231. The summed E-state index contributed by atoms with van der Waals surface area (Å²) in [4.78, 5) is 0. The Morgan fingerprint density at radius 3 is 1.90 bits per heavy atom. The fraction of sp³-hybridized carbons (Fsp3) is 1.00. The van der Waals surface area contributed by atoms with Crippen molar-refractivity contribution in [2.45, 2.75) is 32.3 Å². The molecule has 4 heteroatoms. The highest BCUT2D eigenvalue weighted by Gasteiger charge is 2.22. The Kier molecular flexibility index (Phi) is 3.24. The number of aliphatic hydroxyl groups is 3. The molecule has 0 aromatic rings. The molecule has 5 N–H and O–H groups in total. The van der Waals surface area contributed by atoms with E-state index in [1.807, 2.05) is 0 Å². The lowest BCUT2D eigenvalue weighted by molar-refractivity contribution is -0.172. The number of nitrogens with two attached hydrogens (primary N) is 1. The van der Waals surface area contributed by atoms with Gasteiger partial charge in [-0.1, -0.05) is 6.92 Å². The van der Waals surface area contributed by atoms with Crippen molar-refractivity contribution in [2.24, 2.45) is 11.7 Å². The summed E-state index contributed by atoms with van der Waals surface area (Å²) in [6, 6.07) is 0. The smallest absolute Gasteiger partial charge is 0.220 e. The molecule has 0 aliphatic heterocycles. The molecule has 0 amide bonds. The average Bonchev–Trinajstić information content (AvgIpc) is 1.60. The molecule has 0 fully saturated rings. The molecular weight excluding hydrogens is 134 g/mol. The van der Waals surface area contributed by atoms with Gasteiger partial charge in [-0.05, 0) is 12.8 Å². The SMILES string of the molecule is CC(O)C(C)CC(N)(O)O. The Hall–Kier alpha value is -0.160. The third-order valence-corrected chi connectivity index (χ3v) is 1.45. The van der Waals surface area contributed by atoms with Gasteiger partial charge in [0.15, 0.2) is 0 Å². The number of aliphatic hydroxyl groups excluding tert-OH is 1. The molecule has 0 aliphatic rings. The molecule has 2 atom stereocenters. The van der Waals surface area contributed by atoms with E-state index in [2.05, 4.69) is 0 Å². The molecule has 0 rings (SSSR count). The van der Waals surface area contributed by atoms with E-state index in [9.17, 15) is 0 Å². The van der Waals surface area contributed by atoms with Crippen LogP contribution in [0.1, 0.15) is 20.3 Å². The van der Waals surface area contributed by atoms with Crippen molar-refractivity contribution in [3.8, 4) is 0 Å². The largest absolute Gasteiger partial charge is 0.393 e. The molecule has 2 unspecified atom stereocenters. The van der Waals surface area contributed by atoms with Crippen LogP contribution in [0.25, 0.3) is 0 Å². The Bertz CT molecular complexity index is 97.7. The van der Waals surface area contributed by atoms with Crippen LogP contribution in [0.15, 0.2) is 0 Å². The van der Waals surface area contributed by atoms with Gasteiger partial charge in [0, 0.05) is 6.42 Å². The van der Waals surface area contributed by atoms with E-state index in [-0.39, 0.29) is 12.3 Å². The van der Waals surface area contributed by atoms with Crippen molar-refractivity contribution in [3.63, 3.8) is 0 Å². The maximum Gasteiger partial charge on any atom is 0.220 e. The summed E-state index contributed by atoms with van der Waals surface area (Å²) in [5, 5.41) is 26.2. The van der Waals surface area contributed by atoms with E-state index >= 15 is 0 Å². The van der Waals surface area contributed by atoms with Crippen molar-refractivity contribution < 1.29 is 15.3 Å². The van der Waals surface area contributed by atoms with Crippen LogP contribution < -0.4 is 5.73 Å². The lowest BCUT2D eigenvalue weighted by atomic mass is 10.0. The first-order valence-corrected chi connectivity index (χ1v) is 3.24. The van der Waals surface area contributed by atoms with Gasteiger partial charge in [0.2, 0.25) is 5.91 Å². The first kappa shape index (κ1) is 9.84. The van der Waals surface area contributed by atoms with E-state index in [0.29, 0.717) is 0 Å². The van der Waals surface area contributed by atoms with Crippen molar-refractivity contribution in [2.75, 3.05) is 0 Å². The summed E-state index contributed by atoms with van der Waals surface area (Å²) in [6.07, 6.45) is -0.591. The molecular formula is C6H15NO3. The molecule has 62 valence electrons. The second kappa shape index (κ2) is 3.30. The first-order valence-electron chi connectivity index (χ1n) is 3.24. The molecule has 0 aromatic heterocycles. The Morgan fingerprint density at radius 1 is 1.40 bits per heavy atom. The minimum Gasteiger partial charge on any atom is -0.393 e. The molecule has 4 nitrogen and oxygen atoms in total. The van der Waals surface area contributed by atoms with E-state index in [4.69, 9.17) is 21.1 Å². The van der Waals surface area contributed by atoms with Crippen LogP contribution >= 0.6 is 0 Å². The Labute approximate surface area is 60.3 Å². The van der Waals surface area contributed by atoms with Gasteiger partial charge in [-0.15, -0.1) is 0 Å². The molecule has 0 spiro atoms. The van der Waals surface area contributed by atoms with Crippen LogP contribution in [-0.2, 0) is 0 Å². The van der Waals surface area contributed by atoms with Gasteiger partial charge in [0.05, 0.1) is 6.10 Å². The molecule has 10 heavy (non-hydrogen) atoms. The molecule has 0 radical (unpaired) electrons. The average molecular weight is 149 g/mol. The number of hydrogen-bond donors (Lipinski definition) is 4. The van der Waals surface area contributed by atoms with Crippen molar-refractivity contribution in [1.29, 1.82) is 0 Å². The standard InChI is InChI=1S/C6H15NO3/c1-4(5(2)8)3-6(7,9)10/h4-5,8-10H,3,7H2,1-2H3. The predicted molar refractivity (Wildman–Crippen MR) is 36.8 cm³/mol. The van der Waals surface area contributed by atoms with Crippen LogP contribution in [0, 0.1) is 5.92 Å². The third-order valence-electron chi connectivity index (χ3n) is 1.45. The highest BCUT2D eigenvalue weighted by Crippen LogP contribution is 2.12. The maximum absolute atomic E-state index is 8.91. The topological polar surface area (TPSA) is 86.7 Å². The van der Waals surface area contributed by atoms with Gasteiger partial charge in [-0.3, -0.25) is 5.73 Å². The zero-order chi connectivity index (χ0) is 8.36. The monoisotopic (exact) mass is 149 g/mol. The maximum atomic E-state index is 8.91. The summed E-state index contributed by atoms with van der Waals surface area (Å²) in [5.74, 6) is -2.36. The first-order chi connectivity index (χ1) is 4.33. The van der Waals surface area contributed by atoms with Gasteiger partial charge in [0.1, 0.15) is 0 Å². The van der Waals surface area contributed by atoms with Gasteiger partial charge >= 0.3 is 0 Å². The summed E-state index contributed by atoms with van der Waals surface area (Å²) < 4.78 is 0. The van der Waals surface area contributed by atoms with Gasteiger partial charge in [-0.25, -0.2) is 0 Å². The lowest BCUT2D eigenvalue weighted by Gasteiger charge is -2.21. The van der Waals surface area contributed by atoms with Gasteiger partial charge < -0.3 is 15.3 Å². The van der Waals surface area contributed by atoms with Crippen LogP contribution in [0.3, 0.4) is 0 Å². The Balaban J connectivity index is 3.68. The number of rotatable bonds is 3. The quantitative estimate of drug-likeness (QED) is 0.387. The molecule has 0 aliphatic carbocycles. The zero-order valence-corrected chi connectivity index (χ0v) is 6.28. The second-order valence-electron chi connectivity index (χ2n) is 2.80. The van der Waals surface area contributed by atoms with Crippen molar-refractivity contribution >= 4 is 0 Å². The van der Waals surface area contributed by atoms with E-state index in [1.54, 1.807) is 13.8 Å². The summed E-state index contributed by atoms with van der Waals surface area (Å²) in [5.41, 5.74) is 4.87. The van der Waals surface area contributed by atoms with E-state index in [0.717, 1.165) is 0 Å². The summed E-state index contributed by atoms with van der Waals surface area (Å²) in [7, 11) is 0. The van der Waals surface area contributed by atoms with Crippen LogP contribution in [0.4, 0.5) is 0 Å². The molecule has 0 aromatic carbocycles. The predicted octanol–water partition coefficient (Wildman–Crippen LogP) is -1.01. The molecule has 0 heterocycles. The van der Waals surface area contributed by atoms with Crippen molar-refractivity contribution in [3.05, 3.63) is 0 Å². The highest BCUT2D eigenvalue weighted by atomic mass is 16.5. The van der Waals surface area contributed by atoms with E-state index < -0.39 is 12.0 Å². The Morgan fingerprint density at radius 2 is 1.80 bits per heavy atom. The molecule has 0 saturated heterocycles. The van der Waals surface area contributed by atoms with Crippen molar-refractivity contribution in [1.82, 2.24) is 0 Å². The fourth-order valence-corrected chi connectivity index (χ4v) is 0.644. The van der Waals surface area contributed by atoms with Gasteiger partial charge in [0.25, 0.3) is 0 Å². The highest BCUT2D eigenvalue weighted by molar-refractivity contribution is 4.65. The van der Waals surface area contributed by atoms with Crippen LogP contribution in [-0.4, -0.2) is 27.3 Å². The lowest BCUT2D eigenvalue weighted by Crippen LogP contribution is -2.42. The number of hydrogen-bond acceptors (Lipinski definition) is 4. The molecule has 0 saturated carbocycles. The van der Waals surface area contributed by atoms with Crippen LogP contribution in [0.5, 0.6) is 0 Å². The summed E-state index contributed by atoms with van der Waals surface area (Å²) >= 11 is 0. The second-order valence-corrected chi connectivity index (χ2v) is 2.80. The zero-order valence-electron chi connectivity index (χ0n) is 6.28. The minimum atomic E-state index is -2.16. The fourth-order valence-electron chi connectivity index (χ4n) is 0.644. The van der Waals surface area contributed by atoms with Gasteiger partial charge in [-0.2, -0.15) is 0 Å². The molecule has 0 bridgehead atoms. The summed E-state index contributed by atoms with van der Waals surface area (Å²) in [6.45, 7) is 3.27. The van der Waals surface area contributed by atoms with Crippen LogP contribution in [0.2, 0.25) is 0 Å². The third kappa shape index (κ3) is 4.69.